The molecule has 0 unspecified atom stereocenters. The van der Waals surface area contributed by atoms with Crippen molar-refractivity contribution in [2.75, 3.05) is 24.7 Å². The van der Waals surface area contributed by atoms with E-state index in [1.807, 2.05) is 10.8 Å². The van der Waals surface area contributed by atoms with Gasteiger partial charge >= 0.3 is 0 Å². The molecule has 0 saturated heterocycles. The number of primary sulfonamides is 1. The highest BCUT2D eigenvalue weighted by molar-refractivity contribution is 7.92. The number of anilines is 2. The molecule has 0 aliphatic carbocycles. The molecule has 2 aliphatic heterocycles. The Morgan fingerprint density at radius 3 is 2.66 bits per heavy atom. The zero-order valence-electron chi connectivity index (χ0n) is 17.2. The first-order chi connectivity index (χ1) is 15.1. The van der Waals surface area contributed by atoms with E-state index in [2.05, 4.69) is 24.9 Å². The summed E-state index contributed by atoms with van der Waals surface area (Å²) in [7, 11) is -8.81. The van der Waals surface area contributed by atoms with Gasteiger partial charge in [0.1, 0.15) is 9.79 Å². The average molecular weight is 482 g/mol. The molecular weight excluding hydrogens is 458 g/mol. The fourth-order valence-corrected chi connectivity index (χ4v) is 6.35. The van der Waals surface area contributed by atoms with Crippen molar-refractivity contribution in [1.29, 1.82) is 0 Å². The zero-order valence-corrected chi connectivity index (χ0v) is 18.8. The third-order valence-corrected chi connectivity index (χ3v) is 7.54. The highest BCUT2D eigenvalue weighted by Crippen LogP contribution is 2.38. The van der Waals surface area contributed by atoms with Crippen molar-refractivity contribution in [2.24, 2.45) is 26.1 Å². The minimum absolute atomic E-state index is 0.00657. The first kappa shape index (κ1) is 22.5. The van der Waals surface area contributed by atoms with E-state index in [0.29, 0.717) is 18.2 Å². The first-order valence-electron chi connectivity index (χ1n) is 9.75. The van der Waals surface area contributed by atoms with Crippen molar-refractivity contribution >= 4 is 37.5 Å². The third kappa shape index (κ3) is 4.16. The van der Waals surface area contributed by atoms with Gasteiger partial charge in [-0.15, -0.1) is 5.11 Å². The quantitative estimate of drug-likeness (QED) is 0.490. The molecule has 1 aromatic carbocycles. The number of nitrogens with one attached hydrogen (secondary N) is 1. The smallest absolute Gasteiger partial charge is 0.242 e. The summed E-state index contributed by atoms with van der Waals surface area (Å²) in [5.41, 5.74) is 5.99. The van der Waals surface area contributed by atoms with Crippen LogP contribution in [-0.4, -0.2) is 58.0 Å². The maximum Gasteiger partial charge on any atom is 0.242 e. The van der Waals surface area contributed by atoms with Gasteiger partial charge < -0.3 is 15.2 Å². The second kappa shape index (κ2) is 8.32. The molecule has 5 N–H and O–H groups in total. The van der Waals surface area contributed by atoms with E-state index in [0.717, 1.165) is 13.0 Å². The van der Waals surface area contributed by atoms with Crippen LogP contribution < -0.4 is 20.5 Å². The van der Waals surface area contributed by atoms with Crippen LogP contribution in [0.2, 0.25) is 0 Å². The Hall–Kier alpha value is -2.72. The maximum absolute atomic E-state index is 13.0. The lowest BCUT2D eigenvalue weighted by molar-refractivity contribution is 0.566. The van der Waals surface area contributed by atoms with Gasteiger partial charge in [-0.1, -0.05) is 0 Å². The topological polar surface area (TPSA) is 190 Å². The number of amidine groups is 1. The number of imidazole rings is 1. The highest BCUT2D eigenvalue weighted by atomic mass is 32.2. The number of nitrogens with zero attached hydrogens (tertiary/aromatic N) is 6. The minimum atomic E-state index is -4.54. The van der Waals surface area contributed by atoms with E-state index >= 15 is 0 Å². The predicted octanol–water partition coefficient (Wildman–Crippen LogP) is -0.132. The number of aryl methyl sites for hydroxylation is 1. The number of aromatic nitrogens is 2. The SMILES string of the molecule is C[C@H](N)CNS(=O)(=O)c1ccc(N2CCCn3ccnc32)c(C2=NCN=N2)c1S(N)(=O)=O. The van der Waals surface area contributed by atoms with Crippen molar-refractivity contribution in [3.63, 3.8) is 0 Å². The predicted molar refractivity (Wildman–Crippen MR) is 117 cm³/mol. The summed E-state index contributed by atoms with van der Waals surface area (Å²) in [6.45, 7) is 2.79. The van der Waals surface area contributed by atoms with Crippen LogP contribution >= 0.6 is 0 Å². The van der Waals surface area contributed by atoms with Gasteiger partial charge in [0.2, 0.25) is 26.0 Å². The molecule has 3 heterocycles. The summed E-state index contributed by atoms with van der Waals surface area (Å²) in [6.07, 6.45) is 4.21. The molecule has 0 fully saturated rings. The summed E-state index contributed by atoms with van der Waals surface area (Å²) in [6, 6.07) is 2.23. The van der Waals surface area contributed by atoms with Gasteiger partial charge in [-0.3, -0.25) is 0 Å². The molecule has 0 bridgehead atoms. The molecule has 32 heavy (non-hydrogen) atoms. The van der Waals surface area contributed by atoms with Gasteiger partial charge in [-0.2, -0.15) is 5.11 Å². The number of fused-ring (bicyclic) bond motifs is 1. The second-order valence-electron chi connectivity index (χ2n) is 7.45. The Morgan fingerprint density at radius 1 is 1.22 bits per heavy atom. The van der Waals surface area contributed by atoms with Crippen LogP contribution in [0.1, 0.15) is 18.9 Å². The van der Waals surface area contributed by atoms with Crippen molar-refractivity contribution in [3.05, 3.63) is 30.1 Å². The lowest BCUT2D eigenvalue weighted by Crippen LogP contribution is -2.36. The van der Waals surface area contributed by atoms with Crippen molar-refractivity contribution in [2.45, 2.75) is 35.7 Å². The molecule has 2 aliphatic rings. The number of hydrogen-bond donors (Lipinski definition) is 3. The number of sulfonamides is 2. The number of aliphatic imine (C=N–C) groups is 1. The molecule has 1 atom stereocenters. The van der Waals surface area contributed by atoms with Crippen molar-refractivity contribution in [1.82, 2.24) is 14.3 Å². The van der Waals surface area contributed by atoms with Gasteiger partial charge in [0.25, 0.3) is 0 Å². The Kier molecular flexibility index (Phi) is 5.85. The van der Waals surface area contributed by atoms with Crippen LogP contribution in [0.5, 0.6) is 0 Å². The molecule has 2 aromatic rings. The van der Waals surface area contributed by atoms with E-state index in [4.69, 9.17) is 10.9 Å². The summed E-state index contributed by atoms with van der Waals surface area (Å²) < 4.78 is 55.7. The Balaban J connectivity index is 1.99. The van der Waals surface area contributed by atoms with Crippen LogP contribution in [0.25, 0.3) is 0 Å². The Bertz CT molecular complexity index is 1310. The molecule has 0 radical (unpaired) electrons. The van der Waals surface area contributed by atoms with Gasteiger partial charge in [-0.25, -0.2) is 36.7 Å². The molecule has 15 heteroatoms. The van der Waals surface area contributed by atoms with E-state index in [1.165, 1.54) is 12.1 Å². The normalized spacial score (nSPS) is 17.3. The molecular formula is C17H23N9O4S2. The summed E-state index contributed by atoms with van der Waals surface area (Å²) in [5.74, 6) is 0.566. The fourth-order valence-electron chi connectivity index (χ4n) is 3.61. The monoisotopic (exact) mass is 481 g/mol. The van der Waals surface area contributed by atoms with Crippen LogP contribution in [0, 0.1) is 0 Å². The summed E-state index contributed by atoms with van der Waals surface area (Å²) in [4.78, 5) is 9.19. The van der Waals surface area contributed by atoms with Gasteiger partial charge in [0.05, 0.1) is 11.3 Å². The standard InChI is InChI=1S/C17H23N9O4S2/c1-11(18)9-23-32(29,30)13-4-3-12(26-7-2-6-25-8-5-20-17(25)26)14(15(13)31(19,27)28)16-21-10-22-24-16/h3-5,8,11,23H,2,6-7,9-10,18H2,1H3,(H2,19,27,28)/t11-/m0/s1. The number of azo groups is 1. The largest absolute Gasteiger partial charge is 0.327 e. The fraction of sp³-hybridized carbons (Fsp3) is 0.412. The van der Waals surface area contributed by atoms with Crippen LogP contribution in [-0.2, 0) is 26.6 Å². The van der Waals surface area contributed by atoms with Crippen LogP contribution in [0.3, 0.4) is 0 Å². The van der Waals surface area contributed by atoms with E-state index in [1.54, 1.807) is 18.0 Å². The van der Waals surface area contributed by atoms with Gasteiger partial charge in [0.15, 0.2) is 12.5 Å². The number of nitrogens with two attached hydrogens (primary N) is 2. The minimum Gasteiger partial charge on any atom is -0.327 e. The Labute approximate surface area is 185 Å². The molecule has 0 amide bonds. The second-order valence-corrected chi connectivity index (χ2v) is 10.7. The summed E-state index contributed by atoms with van der Waals surface area (Å²) in [5, 5.41) is 13.3. The maximum atomic E-state index is 13.0. The summed E-state index contributed by atoms with van der Waals surface area (Å²) >= 11 is 0. The zero-order chi connectivity index (χ0) is 23.1. The van der Waals surface area contributed by atoms with Gasteiger partial charge in [0, 0.05) is 38.1 Å². The molecule has 13 nitrogen and oxygen atoms in total. The van der Waals surface area contributed by atoms with Gasteiger partial charge in [-0.05, 0) is 25.5 Å². The molecule has 0 saturated carbocycles. The molecule has 4 rings (SSSR count). The third-order valence-electron chi connectivity index (χ3n) is 4.95. The number of rotatable bonds is 7. The van der Waals surface area contributed by atoms with Crippen molar-refractivity contribution < 1.29 is 16.8 Å². The van der Waals surface area contributed by atoms with E-state index < -0.39 is 35.9 Å². The lowest BCUT2D eigenvalue weighted by atomic mass is 10.1. The number of hydrogen-bond acceptors (Lipinski definition) is 10. The van der Waals surface area contributed by atoms with E-state index in [-0.39, 0.29) is 24.6 Å². The number of benzene rings is 1. The van der Waals surface area contributed by atoms with Crippen LogP contribution in [0.15, 0.2) is 49.5 Å². The highest BCUT2D eigenvalue weighted by Gasteiger charge is 2.35. The lowest BCUT2D eigenvalue weighted by Gasteiger charge is -2.31. The van der Waals surface area contributed by atoms with Crippen molar-refractivity contribution in [3.8, 4) is 0 Å². The first-order valence-corrected chi connectivity index (χ1v) is 12.8. The Morgan fingerprint density at radius 2 is 2.00 bits per heavy atom. The van der Waals surface area contributed by atoms with Crippen LogP contribution in [0.4, 0.5) is 11.6 Å². The molecule has 172 valence electrons. The van der Waals surface area contributed by atoms with E-state index in [9.17, 15) is 16.8 Å². The average Bonchev–Trinajstić information content (AvgIpc) is 3.42. The molecule has 0 spiro atoms. The molecule has 1 aromatic heterocycles.